The van der Waals surface area contributed by atoms with Crippen molar-refractivity contribution < 1.29 is 4.52 Å². The zero-order valence-corrected chi connectivity index (χ0v) is 8.67. The number of nitrogens with zero attached hydrogens (tertiary/aromatic N) is 2. The van der Waals surface area contributed by atoms with E-state index in [0.717, 1.165) is 22.7 Å². The zero-order valence-electron chi connectivity index (χ0n) is 7.91. The first-order valence-corrected chi connectivity index (χ1v) is 4.61. The molecule has 0 atom stereocenters. The lowest BCUT2D eigenvalue weighted by Gasteiger charge is -1.98. The third-order valence-electron chi connectivity index (χ3n) is 2.02. The van der Waals surface area contributed by atoms with Gasteiger partial charge in [-0.05, 0) is 26.0 Å². The Kier molecular flexibility index (Phi) is 2.25. The van der Waals surface area contributed by atoms with Crippen LogP contribution in [0.4, 0.5) is 0 Å². The summed E-state index contributed by atoms with van der Waals surface area (Å²) in [6, 6.07) is 3.66. The summed E-state index contributed by atoms with van der Waals surface area (Å²) < 4.78 is 5.06. The molecule has 0 bridgehead atoms. The summed E-state index contributed by atoms with van der Waals surface area (Å²) in [5.41, 5.74) is 2.63. The lowest BCUT2D eigenvalue weighted by atomic mass is 10.1. The first-order chi connectivity index (χ1) is 6.68. The van der Waals surface area contributed by atoms with Gasteiger partial charge in [0.25, 0.3) is 0 Å². The Balaban J connectivity index is 2.54. The predicted octanol–water partition coefficient (Wildman–Crippen LogP) is 3.01. The Labute approximate surface area is 86.7 Å². The van der Waals surface area contributed by atoms with Crippen molar-refractivity contribution in [3.05, 3.63) is 34.8 Å². The zero-order chi connectivity index (χ0) is 10.1. The van der Waals surface area contributed by atoms with Gasteiger partial charge in [0.05, 0.1) is 22.0 Å². The summed E-state index contributed by atoms with van der Waals surface area (Å²) in [5.74, 6) is 0.775. The van der Waals surface area contributed by atoms with Crippen molar-refractivity contribution in [3.63, 3.8) is 0 Å². The van der Waals surface area contributed by atoms with Crippen LogP contribution in [0.25, 0.3) is 11.3 Å². The standard InChI is InChI=1S/C10H9ClN2O/c1-6-10(7(2)14-13-6)9-4-3-8(11)5-12-9/h3-5H,1-2H3. The Bertz CT molecular complexity index is 428. The molecular weight excluding hydrogens is 200 g/mol. The Morgan fingerprint density at radius 2 is 2.07 bits per heavy atom. The van der Waals surface area contributed by atoms with Crippen molar-refractivity contribution in [2.75, 3.05) is 0 Å². The number of aromatic nitrogens is 2. The summed E-state index contributed by atoms with van der Waals surface area (Å²) in [5, 5.41) is 4.49. The topological polar surface area (TPSA) is 38.9 Å². The third-order valence-corrected chi connectivity index (χ3v) is 2.24. The minimum absolute atomic E-state index is 0.625. The fourth-order valence-electron chi connectivity index (χ4n) is 1.37. The Morgan fingerprint density at radius 3 is 2.57 bits per heavy atom. The van der Waals surface area contributed by atoms with E-state index in [2.05, 4.69) is 10.1 Å². The van der Waals surface area contributed by atoms with Gasteiger partial charge in [0.2, 0.25) is 0 Å². The molecule has 4 heteroatoms. The van der Waals surface area contributed by atoms with E-state index < -0.39 is 0 Å². The van der Waals surface area contributed by atoms with Crippen LogP contribution in [0.1, 0.15) is 11.5 Å². The van der Waals surface area contributed by atoms with Gasteiger partial charge in [-0.3, -0.25) is 4.98 Å². The molecule has 0 N–H and O–H groups in total. The molecule has 3 nitrogen and oxygen atoms in total. The molecule has 0 aliphatic rings. The monoisotopic (exact) mass is 208 g/mol. The van der Waals surface area contributed by atoms with E-state index in [9.17, 15) is 0 Å². The van der Waals surface area contributed by atoms with Gasteiger partial charge >= 0.3 is 0 Å². The molecule has 2 aromatic heterocycles. The number of aryl methyl sites for hydroxylation is 2. The Hall–Kier alpha value is -1.35. The van der Waals surface area contributed by atoms with Crippen LogP contribution >= 0.6 is 11.6 Å². The van der Waals surface area contributed by atoms with E-state index in [0.29, 0.717) is 5.02 Å². The van der Waals surface area contributed by atoms with Gasteiger partial charge in [-0.2, -0.15) is 0 Å². The second kappa shape index (κ2) is 3.42. The van der Waals surface area contributed by atoms with Crippen LogP contribution in [0, 0.1) is 13.8 Å². The third kappa shape index (κ3) is 1.51. The second-order valence-electron chi connectivity index (χ2n) is 3.06. The highest BCUT2D eigenvalue weighted by Crippen LogP contribution is 2.25. The molecule has 0 aliphatic heterocycles. The van der Waals surface area contributed by atoms with Gasteiger partial charge in [-0.25, -0.2) is 0 Å². The molecule has 2 heterocycles. The molecule has 0 aliphatic carbocycles. The smallest absolute Gasteiger partial charge is 0.143 e. The van der Waals surface area contributed by atoms with Gasteiger partial charge < -0.3 is 4.52 Å². The second-order valence-corrected chi connectivity index (χ2v) is 3.50. The van der Waals surface area contributed by atoms with E-state index in [1.807, 2.05) is 19.9 Å². The summed E-state index contributed by atoms with van der Waals surface area (Å²) >= 11 is 5.75. The molecule has 0 amide bonds. The van der Waals surface area contributed by atoms with Crippen molar-refractivity contribution in [2.24, 2.45) is 0 Å². The van der Waals surface area contributed by atoms with Crippen LogP contribution in [-0.2, 0) is 0 Å². The summed E-state index contributed by atoms with van der Waals surface area (Å²) in [6.45, 7) is 3.76. The number of rotatable bonds is 1. The average Bonchev–Trinajstić information content (AvgIpc) is 2.49. The van der Waals surface area contributed by atoms with Gasteiger partial charge in [0.15, 0.2) is 0 Å². The highest BCUT2D eigenvalue weighted by molar-refractivity contribution is 6.30. The highest BCUT2D eigenvalue weighted by atomic mass is 35.5. The molecule has 0 fully saturated rings. The van der Waals surface area contributed by atoms with Crippen LogP contribution < -0.4 is 0 Å². The molecule has 2 rings (SSSR count). The number of hydrogen-bond acceptors (Lipinski definition) is 3. The molecule has 2 aromatic rings. The van der Waals surface area contributed by atoms with Gasteiger partial charge in [-0.1, -0.05) is 16.8 Å². The van der Waals surface area contributed by atoms with Crippen LogP contribution in [0.5, 0.6) is 0 Å². The predicted molar refractivity (Wildman–Crippen MR) is 54.2 cm³/mol. The van der Waals surface area contributed by atoms with Crippen LogP contribution in [-0.4, -0.2) is 10.1 Å². The Morgan fingerprint density at radius 1 is 1.29 bits per heavy atom. The van der Waals surface area contributed by atoms with Crippen LogP contribution in [0.2, 0.25) is 5.02 Å². The summed E-state index contributed by atoms with van der Waals surface area (Å²) in [7, 11) is 0. The van der Waals surface area contributed by atoms with Crippen molar-refractivity contribution in [3.8, 4) is 11.3 Å². The number of hydrogen-bond donors (Lipinski definition) is 0. The van der Waals surface area contributed by atoms with E-state index >= 15 is 0 Å². The fourth-order valence-corrected chi connectivity index (χ4v) is 1.48. The quantitative estimate of drug-likeness (QED) is 0.723. The van der Waals surface area contributed by atoms with Crippen molar-refractivity contribution in [2.45, 2.75) is 13.8 Å². The maximum atomic E-state index is 5.75. The molecule has 0 aromatic carbocycles. The van der Waals surface area contributed by atoms with Crippen molar-refractivity contribution >= 4 is 11.6 Å². The molecule has 0 unspecified atom stereocenters. The van der Waals surface area contributed by atoms with Crippen molar-refractivity contribution in [1.29, 1.82) is 0 Å². The van der Waals surface area contributed by atoms with E-state index in [1.165, 1.54) is 0 Å². The van der Waals surface area contributed by atoms with Crippen LogP contribution in [0.3, 0.4) is 0 Å². The van der Waals surface area contributed by atoms with Crippen LogP contribution in [0.15, 0.2) is 22.9 Å². The molecule has 0 saturated heterocycles. The minimum atomic E-state index is 0.625. The average molecular weight is 209 g/mol. The summed E-state index contributed by atoms with van der Waals surface area (Å²) in [6.07, 6.45) is 1.61. The number of halogens is 1. The maximum absolute atomic E-state index is 5.75. The number of pyridine rings is 1. The van der Waals surface area contributed by atoms with Gasteiger partial charge in [0.1, 0.15) is 5.76 Å². The van der Waals surface area contributed by atoms with E-state index in [4.69, 9.17) is 16.1 Å². The molecule has 14 heavy (non-hydrogen) atoms. The lowest BCUT2D eigenvalue weighted by Crippen LogP contribution is -1.85. The lowest BCUT2D eigenvalue weighted by molar-refractivity contribution is 0.393. The van der Waals surface area contributed by atoms with E-state index in [-0.39, 0.29) is 0 Å². The van der Waals surface area contributed by atoms with Gasteiger partial charge in [0, 0.05) is 6.20 Å². The van der Waals surface area contributed by atoms with Crippen molar-refractivity contribution in [1.82, 2.24) is 10.1 Å². The summed E-state index contributed by atoms with van der Waals surface area (Å²) in [4.78, 5) is 4.21. The highest BCUT2D eigenvalue weighted by Gasteiger charge is 2.11. The molecule has 0 radical (unpaired) electrons. The molecule has 72 valence electrons. The minimum Gasteiger partial charge on any atom is -0.361 e. The fraction of sp³-hybridized carbons (Fsp3) is 0.200. The molecular formula is C10H9ClN2O. The normalized spacial score (nSPS) is 10.5. The van der Waals surface area contributed by atoms with Gasteiger partial charge in [-0.15, -0.1) is 0 Å². The first-order valence-electron chi connectivity index (χ1n) is 4.23. The maximum Gasteiger partial charge on any atom is 0.143 e. The first kappa shape index (κ1) is 9.21. The molecule has 0 spiro atoms. The largest absolute Gasteiger partial charge is 0.361 e. The van der Waals surface area contributed by atoms with E-state index in [1.54, 1.807) is 12.3 Å². The molecule has 0 saturated carbocycles. The SMILES string of the molecule is Cc1noc(C)c1-c1ccc(Cl)cn1.